The summed E-state index contributed by atoms with van der Waals surface area (Å²) >= 11 is 0. The lowest BCUT2D eigenvalue weighted by molar-refractivity contribution is -0.0144. The summed E-state index contributed by atoms with van der Waals surface area (Å²) in [6, 6.07) is 9.13. The molecule has 2 aliphatic rings. The van der Waals surface area contributed by atoms with Crippen molar-refractivity contribution in [3.8, 4) is 0 Å². The third-order valence-electron chi connectivity index (χ3n) is 5.25. The van der Waals surface area contributed by atoms with Gasteiger partial charge < -0.3 is 9.64 Å². The van der Waals surface area contributed by atoms with Gasteiger partial charge in [-0.25, -0.2) is 0 Å². The highest BCUT2D eigenvalue weighted by molar-refractivity contribution is 5.54. The maximum atomic E-state index is 5.76. The van der Waals surface area contributed by atoms with Crippen LogP contribution in [0.4, 0.5) is 5.69 Å². The highest BCUT2D eigenvalue weighted by Crippen LogP contribution is 2.30. The summed E-state index contributed by atoms with van der Waals surface area (Å²) in [6.07, 6.45) is 4.52. The quantitative estimate of drug-likeness (QED) is 0.938. The van der Waals surface area contributed by atoms with Crippen LogP contribution in [-0.4, -0.2) is 47.9 Å². The molecule has 24 heavy (non-hydrogen) atoms. The summed E-state index contributed by atoms with van der Waals surface area (Å²) in [5, 5.41) is 7.38. The lowest BCUT2D eigenvalue weighted by Crippen LogP contribution is -2.39. The molecular weight excluding hydrogens is 300 g/mol. The molecule has 0 aliphatic carbocycles. The van der Waals surface area contributed by atoms with Gasteiger partial charge in [0.05, 0.1) is 31.1 Å². The van der Waals surface area contributed by atoms with E-state index in [1.165, 1.54) is 48.4 Å². The molecule has 4 rings (SSSR count). The fraction of sp³-hybridized carbons (Fsp3) is 0.526. The SMILES string of the molecule is Cc1cn[nH]c1[C@H]1COCCN1Cc1ccccc1N1CCCC1. The van der Waals surface area contributed by atoms with Crippen molar-refractivity contribution in [3.63, 3.8) is 0 Å². The highest BCUT2D eigenvalue weighted by atomic mass is 16.5. The number of morpholine rings is 1. The number of aromatic amines is 1. The van der Waals surface area contributed by atoms with Gasteiger partial charge >= 0.3 is 0 Å². The van der Waals surface area contributed by atoms with Crippen LogP contribution < -0.4 is 4.90 Å². The Bertz CT molecular complexity index is 678. The largest absolute Gasteiger partial charge is 0.378 e. The van der Waals surface area contributed by atoms with E-state index >= 15 is 0 Å². The molecule has 0 saturated carbocycles. The zero-order chi connectivity index (χ0) is 16.4. The monoisotopic (exact) mass is 326 g/mol. The van der Waals surface area contributed by atoms with E-state index in [2.05, 4.69) is 51.2 Å². The van der Waals surface area contributed by atoms with Crippen molar-refractivity contribution in [2.24, 2.45) is 0 Å². The van der Waals surface area contributed by atoms with Crippen molar-refractivity contribution >= 4 is 5.69 Å². The number of anilines is 1. The van der Waals surface area contributed by atoms with E-state index in [1.807, 2.05) is 6.20 Å². The first kappa shape index (κ1) is 15.7. The molecule has 1 aromatic carbocycles. The van der Waals surface area contributed by atoms with Crippen LogP contribution in [0, 0.1) is 6.92 Å². The Kier molecular flexibility index (Phi) is 4.54. The third kappa shape index (κ3) is 3.06. The van der Waals surface area contributed by atoms with Crippen molar-refractivity contribution in [2.45, 2.75) is 32.4 Å². The maximum absolute atomic E-state index is 5.76. The normalized spacial score (nSPS) is 22.2. The topological polar surface area (TPSA) is 44.4 Å². The predicted octanol–water partition coefficient (Wildman–Crippen LogP) is 2.89. The number of ether oxygens (including phenoxy) is 1. The fourth-order valence-electron chi connectivity index (χ4n) is 3.92. The number of aryl methyl sites for hydroxylation is 1. The number of H-pyrrole nitrogens is 1. The Balaban J connectivity index is 1.58. The predicted molar refractivity (Wildman–Crippen MR) is 95.2 cm³/mol. The van der Waals surface area contributed by atoms with Crippen molar-refractivity contribution in [1.82, 2.24) is 15.1 Å². The Morgan fingerprint density at radius 1 is 1.21 bits per heavy atom. The molecule has 0 radical (unpaired) electrons. The van der Waals surface area contributed by atoms with Gasteiger partial charge in [0.1, 0.15) is 0 Å². The average molecular weight is 326 g/mol. The van der Waals surface area contributed by atoms with Gasteiger partial charge in [-0.15, -0.1) is 0 Å². The van der Waals surface area contributed by atoms with Crippen LogP contribution in [0.2, 0.25) is 0 Å². The summed E-state index contributed by atoms with van der Waals surface area (Å²) in [6.45, 7) is 7.93. The minimum atomic E-state index is 0.257. The molecule has 2 aliphatic heterocycles. The fourth-order valence-corrected chi connectivity index (χ4v) is 3.92. The summed E-state index contributed by atoms with van der Waals surface area (Å²) in [5.74, 6) is 0. The standard InChI is InChI=1S/C19H26N4O/c1-15-12-20-21-19(15)18-14-24-11-10-23(18)13-16-6-2-3-7-17(16)22-8-4-5-9-22/h2-3,6-7,12,18H,4-5,8-11,13-14H2,1H3,(H,20,21)/t18-/m1/s1. The zero-order valence-corrected chi connectivity index (χ0v) is 14.4. The summed E-state index contributed by atoms with van der Waals surface area (Å²) in [4.78, 5) is 5.06. The molecule has 1 N–H and O–H groups in total. The van der Waals surface area contributed by atoms with Crippen molar-refractivity contribution < 1.29 is 4.74 Å². The smallest absolute Gasteiger partial charge is 0.0758 e. The Morgan fingerprint density at radius 3 is 2.83 bits per heavy atom. The van der Waals surface area contributed by atoms with Crippen LogP contribution in [0.5, 0.6) is 0 Å². The summed E-state index contributed by atoms with van der Waals surface area (Å²) in [5.41, 5.74) is 5.22. The molecule has 5 nitrogen and oxygen atoms in total. The Hall–Kier alpha value is -1.85. The van der Waals surface area contributed by atoms with Gasteiger partial charge in [0.25, 0.3) is 0 Å². The van der Waals surface area contributed by atoms with Gasteiger partial charge in [-0.1, -0.05) is 18.2 Å². The van der Waals surface area contributed by atoms with Crippen LogP contribution in [0.25, 0.3) is 0 Å². The van der Waals surface area contributed by atoms with Crippen molar-refractivity contribution in [1.29, 1.82) is 0 Å². The van der Waals surface area contributed by atoms with Gasteiger partial charge in [-0.3, -0.25) is 10.00 Å². The molecule has 0 bridgehead atoms. The van der Waals surface area contributed by atoms with E-state index in [-0.39, 0.29) is 6.04 Å². The molecule has 2 fully saturated rings. The first-order valence-corrected chi connectivity index (χ1v) is 8.97. The summed E-state index contributed by atoms with van der Waals surface area (Å²) in [7, 11) is 0. The number of para-hydroxylation sites is 1. The van der Waals surface area contributed by atoms with Crippen LogP contribution in [0.1, 0.15) is 35.7 Å². The number of hydrogen-bond donors (Lipinski definition) is 1. The van der Waals surface area contributed by atoms with E-state index in [0.717, 1.165) is 26.3 Å². The van der Waals surface area contributed by atoms with Crippen LogP contribution in [0.3, 0.4) is 0 Å². The van der Waals surface area contributed by atoms with Gasteiger partial charge in [-0.05, 0) is 37.0 Å². The maximum Gasteiger partial charge on any atom is 0.0758 e. The first-order chi connectivity index (χ1) is 11.8. The third-order valence-corrected chi connectivity index (χ3v) is 5.25. The van der Waals surface area contributed by atoms with E-state index < -0.39 is 0 Å². The van der Waals surface area contributed by atoms with Gasteiger partial charge in [0.15, 0.2) is 0 Å². The number of nitrogens with zero attached hydrogens (tertiary/aromatic N) is 3. The highest BCUT2D eigenvalue weighted by Gasteiger charge is 2.28. The lowest BCUT2D eigenvalue weighted by Gasteiger charge is -2.36. The van der Waals surface area contributed by atoms with Crippen LogP contribution >= 0.6 is 0 Å². The lowest BCUT2D eigenvalue weighted by atomic mass is 10.1. The Morgan fingerprint density at radius 2 is 2.04 bits per heavy atom. The molecule has 0 unspecified atom stereocenters. The number of nitrogens with one attached hydrogen (secondary N) is 1. The van der Waals surface area contributed by atoms with E-state index in [1.54, 1.807) is 0 Å². The molecule has 5 heteroatoms. The molecule has 2 saturated heterocycles. The van der Waals surface area contributed by atoms with Gasteiger partial charge in [-0.2, -0.15) is 5.10 Å². The molecule has 0 spiro atoms. The second-order valence-electron chi connectivity index (χ2n) is 6.85. The average Bonchev–Trinajstić information content (AvgIpc) is 3.28. The number of hydrogen-bond acceptors (Lipinski definition) is 4. The van der Waals surface area contributed by atoms with Gasteiger partial charge in [0, 0.05) is 31.9 Å². The Labute approximate surface area is 143 Å². The van der Waals surface area contributed by atoms with Crippen LogP contribution in [-0.2, 0) is 11.3 Å². The van der Waals surface area contributed by atoms with E-state index in [9.17, 15) is 0 Å². The molecule has 3 heterocycles. The second kappa shape index (κ2) is 6.95. The van der Waals surface area contributed by atoms with E-state index in [4.69, 9.17) is 4.74 Å². The van der Waals surface area contributed by atoms with Crippen LogP contribution in [0.15, 0.2) is 30.5 Å². The van der Waals surface area contributed by atoms with Gasteiger partial charge in [0.2, 0.25) is 0 Å². The second-order valence-corrected chi connectivity index (χ2v) is 6.85. The number of aromatic nitrogens is 2. The molecule has 1 atom stereocenters. The minimum absolute atomic E-state index is 0.257. The molecule has 128 valence electrons. The number of rotatable bonds is 4. The molecule has 1 aromatic heterocycles. The van der Waals surface area contributed by atoms with Crippen molar-refractivity contribution in [2.75, 3.05) is 37.7 Å². The molecule has 2 aromatic rings. The van der Waals surface area contributed by atoms with Crippen molar-refractivity contribution in [3.05, 3.63) is 47.3 Å². The zero-order valence-electron chi connectivity index (χ0n) is 14.4. The molecular formula is C19H26N4O. The number of benzene rings is 1. The summed E-state index contributed by atoms with van der Waals surface area (Å²) < 4.78 is 5.76. The van der Waals surface area contributed by atoms with E-state index in [0.29, 0.717) is 0 Å². The molecule has 0 amide bonds. The minimum Gasteiger partial charge on any atom is -0.378 e. The first-order valence-electron chi connectivity index (χ1n) is 8.97.